The lowest BCUT2D eigenvalue weighted by atomic mass is 9.88. The molecule has 0 N–H and O–H groups in total. The zero-order chi connectivity index (χ0) is 17.8. The fraction of sp³-hybridized carbons (Fsp3) is 0.700. The smallest absolute Gasteiger partial charge is 0.253 e. The van der Waals surface area contributed by atoms with E-state index >= 15 is 0 Å². The number of likely N-dealkylation sites (N-methyl/N-ethyl adjacent to an activating group) is 1. The molecule has 5 heteroatoms. The zero-order valence-electron chi connectivity index (χ0n) is 15.9. The van der Waals surface area contributed by atoms with Crippen LogP contribution in [-0.2, 0) is 6.42 Å². The number of carbonyl (C=O) groups excluding carboxylic acids is 1. The van der Waals surface area contributed by atoms with Gasteiger partial charge in [-0.25, -0.2) is 0 Å². The van der Waals surface area contributed by atoms with Gasteiger partial charge in [0.15, 0.2) is 0 Å². The van der Waals surface area contributed by atoms with E-state index < -0.39 is 0 Å². The zero-order valence-corrected chi connectivity index (χ0v) is 15.9. The summed E-state index contributed by atoms with van der Waals surface area (Å²) in [5.74, 6) is 0.874. The third-order valence-electron chi connectivity index (χ3n) is 6.05. The molecular weight excluding hydrogens is 312 g/mol. The number of carbonyl (C=O) groups is 1. The first kappa shape index (κ1) is 18.3. The molecule has 0 radical (unpaired) electrons. The highest BCUT2D eigenvalue weighted by Gasteiger charge is 2.30. The largest absolute Gasteiger partial charge is 0.339 e. The Kier molecular flexibility index (Phi) is 6.07. The molecule has 3 heterocycles. The lowest BCUT2D eigenvalue weighted by Gasteiger charge is -2.42. The Morgan fingerprint density at radius 2 is 1.88 bits per heavy atom. The number of hydrogen-bond acceptors (Lipinski definition) is 4. The van der Waals surface area contributed by atoms with E-state index in [0.717, 1.165) is 43.6 Å². The molecule has 5 nitrogen and oxygen atoms in total. The minimum absolute atomic E-state index is 0.169. The van der Waals surface area contributed by atoms with Gasteiger partial charge in [-0.2, -0.15) is 0 Å². The van der Waals surface area contributed by atoms with Crippen LogP contribution in [0.5, 0.6) is 0 Å². The Bertz CT molecular complexity index is 575. The van der Waals surface area contributed by atoms with Gasteiger partial charge in [-0.15, -0.1) is 0 Å². The van der Waals surface area contributed by atoms with E-state index in [2.05, 4.69) is 35.7 Å². The molecule has 138 valence electrons. The number of piperazine rings is 1. The van der Waals surface area contributed by atoms with Crippen LogP contribution in [-0.4, -0.2) is 77.9 Å². The quantitative estimate of drug-likeness (QED) is 0.839. The Morgan fingerprint density at radius 3 is 2.52 bits per heavy atom. The van der Waals surface area contributed by atoms with Crippen molar-refractivity contribution in [2.75, 3.05) is 46.3 Å². The van der Waals surface area contributed by atoms with Gasteiger partial charge in [-0.3, -0.25) is 14.7 Å². The van der Waals surface area contributed by atoms with Gasteiger partial charge in [-0.05, 0) is 51.3 Å². The van der Waals surface area contributed by atoms with Crippen molar-refractivity contribution in [1.82, 2.24) is 19.7 Å². The van der Waals surface area contributed by atoms with Crippen LogP contribution in [0.1, 0.15) is 42.7 Å². The van der Waals surface area contributed by atoms with Gasteiger partial charge in [-0.1, -0.05) is 6.92 Å². The first-order valence-electron chi connectivity index (χ1n) is 9.75. The highest BCUT2D eigenvalue weighted by Crippen LogP contribution is 2.25. The number of pyridine rings is 1. The van der Waals surface area contributed by atoms with Crippen LogP contribution >= 0.6 is 0 Å². The minimum atomic E-state index is 0.169. The lowest BCUT2D eigenvalue weighted by molar-refractivity contribution is 0.0500. The Balaban J connectivity index is 1.53. The lowest BCUT2D eigenvalue weighted by Crippen LogP contribution is -2.52. The summed E-state index contributed by atoms with van der Waals surface area (Å²) >= 11 is 0. The Labute approximate surface area is 152 Å². The van der Waals surface area contributed by atoms with Crippen molar-refractivity contribution in [2.45, 2.75) is 39.2 Å². The second-order valence-electron chi connectivity index (χ2n) is 7.60. The van der Waals surface area contributed by atoms with Crippen molar-refractivity contribution >= 4 is 5.91 Å². The molecule has 0 saturated carbocycles. The molecule has 2 aliphatic heterocycles. The van der Waals surface area contributed by atoms with E-state index in [4.69, 9.17) is 0 Å². The number of piperidine rings is 1. The van der Waals surface area contributed by atoms with Gasteiger partial charge in [0, 0.05) is 62.8 Å². The van der Waals surface area contributed by atoms with Crippen molar-refractivity contribution in [1.29, 1.82) is 0 Å². The highest BCUT2D eigenvalue weighted by molar-refractivity contribution is 5.94. The average molecular weight is 345 g/mol. The topological polar surface area (TPSA) is 39.7 Å². The summed E-state index contributed by atoms with van der Waals surface area (Å²) < 4.78 is 0. The van der Waals surface area contributed by atoms with Crippen LogP contribution in [0.25, 0.3) is 0 Å². The molecule has 2 fully saturated rings. The van der Waals surface area contributed by atoms with Crippen molar-refractivity contribution in [3.63, 3.8) is 0 Å². The van der Waals surface area contributed by atoms with Crippen LogP contribution in [0.4, 0.5) is 0 Å². The molecule has 2 aliphatic rings. The number of likely N-dealkylation sites (tertiary alicyclic amines) is 1. The summed E-state index contributed by atoms with van der Waals surface area (Å²) in [6, 6.07) is 4.42. The first-order chi connectivity index (χ1) is 12.1. The third kappa shape index (κ3) is 4.39. The summed E-state index contributed by atoms with van der Waals surface area (Å²) in [4.78, 5) is 24.1. The van der Waals surface area contributed by atoms with Crippen LogP contribution in [0, 0.1) is 5.92 Å². The molecule has 0 unspecified atom stereocenters. The average Bonchev–Trinajstić information content (AvgIpc) is 2.67. The fourth-order valence-corrected chi connectivity index (χ4v) is 4.10. The monoisotopic (exact) mass is 344 g/mol. The maximum Gasteiger partial charge on any atom is 0.253 e. The second kappa shape index (κ2) is 8.28. The predicted octanol–water partition coefficient (Wildman–Crippen LogP) is 2.13. The third-order valence-corrected chi connectivity index (χ3v) is 6.05. The molecule has 0 spiro atoms. The molecule has 1 aromatic rings. The van der Waals surface area contributed by atoms with Crippen LogP contribution in [0.2, 0.25) is 0 Å². The minimum Gasteiger partial charge on any atom is -0.339 e. The molecule has 0 aromatic carbocycles. The van der Waals surface area contributed by atoms with Crippen LogP contribution in [0.3, 0.4) is 0 Å². The van der Waals surface area contributed by atoms with E-state index in [1.807, 2.05) is 17.0 Å². The molecule has 1 atom stereocenters. The molecular formula is C20H32N4O. The normalized spacial score (nSPS) is 22.1. The van der Waals surface area contributed by atoms with Gasteiger partial charge < -0.3 is 9.80 Å². The molecule has 25 heavy (non-hydrogen) atoms. The van der Waals surface area contributed by atoms with Gasteiger partial charge in [0.05, 0.1) is 0 Å². The van der Waals surface area contributed by atoms with Gasteiger partial charge in [0.25, 0.3) is 5.91 Å². The number of nitrogens with zero attached hydrogens (tertiary/aromatic N) is 4. The van der Waals surface area contributed by atoms with E-state index in [1.54, 1.807) is 6.20 Å². The molecule has 3 rings (SSSR count). The summed E-state index contributed by atoms with van der Waals surface area (Å²) in [6.07, 6.45) is 4.86. The van der Waals surface area contributed by atoms with E-state index in [0.29, 0.717) is 12.0 Å². The maximum atomic E-state index is 12.8. The first-order valence-corrected chi connectivity index (χ1v) is 9.75. The van der Waals surface area contributed by atoms with Crippen molar-refractivity contribution in [2.24, 2.45) is 5.92 Å². The summed E-state index contributed by atoms with van der Waals surface area (Å²) in [7, 11) is 2.20. The van der Waals surface area contributed by atoms with Crippen LogP contribution < -0.4 is 0 Å². The standard InChI is InChI=1S/C20H32N4O/c1-4-19-15-18(5-8-21-19)20(25)24-9-6-17(7-10-24)16(2)23-13-11-22(3)12-14-23/h5,8,15-17H,4,6-7,9-14H2,1-3H3/t16-/m1/s1. The van der Waals surface area contributed by atoms with Crippen LogP contribution in [0.15, 0.2) is 18.3 Å². The molecule has 0 bridgehead atoms. The highest BCUT2D eigenvalue weighted by atomic mass is 16.2. The summed E-state index contributed by atoms with van der Waals surface area (Å²) in [6.45, 7) is 10.9. The number of amides is 1. The van der Waals surface area contributed by atoms with Crippen molar-refractivity contribution < 1.29 is 4.79 Å². The predicted molar refractivity (Wildman–Crippen MR) is 101 cm³/mol. The molecule has 1 aromatic heterocycles. The SMILES string of the molecule is CCc1cc(C(=O)N2CCC([C@@H](C)N3CCN(C)CC3)CC2)ccn1. The van der Waals surface area contributed by atoms with E-state index in [9.17, 15) is 4.79 Å². The van der Waals surface area contributed by atoms with E-state index in [1.165, 1.54) is 26.2 Å². The fourth-order valence-electron chi connectivity index (χ4n) is 4.10. The maximum absolute atomic E-state index is 12.8. The van der Waals surface area contributed by atoms with E-state index in [-0.39, 0.29) is 5.91 Å². The number of aryl methyl sites for hydroxylation is 1. The number of aromatic nitrogens is 1. The van der Waals surface area contributed by atoms with Gasteiger partial charge >= 0.3 is 0 Å². The molecule has 0 aliphatic carbocycles. The molecule has 1 amide bonds. The molecule has 2 saturated heterocycles. The Morgan fingerprint density at radius 1 is 1.20 bits per heavy atom. The number of hydrogen-bond donors (Lipinski definition) is 0. The summed E-state index contributed by atoms with van der Waals surface area (Å²) in [5.41, 5.74) is 1.78. The van der Waals surface area contributed by atoms with Gasteiger partial charge in [0.2, 0.25) is 0 Å². The van der Waals surface area contributed by atoms with Gasteiger partial charge in [0.1, 0.15) is 0 Å². The van der Waals surface area contributed by atoms with Crippen molar-refractivity contribution in [3.05, 3.63) is 29.6 Å². The number of rotatable bonds is 4. The second-order valence-corrected chi connectivity index (χ2v) is 7.60. The summed E-state index contributed by atoms with van der Waals surface area (Å²) in [5, 5.41) is 0. The van der Waals surface area contributed by atoms with Crippen molar-refractivity contribution in [3.8, 4) is 0 Å². The Hall–Kier alpha value is -1.46.